The fourth-order valence-electron chi connectivity index (χ4n) is 2.01. The van der Waals surface area contributed by atoms with Crippen molar-refractivity contribution in [1.29, 1.82) is 0 Å². The number of ether oxygens (including phenoxy) is 1. The molecule has 2 rings (SSSR count). The van der Waals surface area contributed by atoms with Crippen LogP contribution in [0.3, 0.4) is 0 Å². The smallest absolute Gasteiger partial charge is 0.122 e. The number of benzene rings is 1. The Balaban J connectivity index is 2.22. The average Bonchev–Trinajstić information content (AvgIpc) is 2.36. The third kappa shape index (κ3) is 2.20. The Morgan fingerprint density at radius 2 is 2.25 bits per heavy atom. The minimum absolute atomic E-state index is 0.0579. The Morgan fingerprint density at radius 1 is 1.44 bits per heavy atom. The molecule has 88 valence electrons. The molecule has 0 fully saturated rings. The monoisotopic (exact) mass is 221 g/mol. The number of aryl methyl sites for hydroxylation is 1. The van der Waals surface area contributed by atoms with Crippen molar-refractivity contribution in [3.05, 3.63) is 29.3 Å². The summed E-state index contributed by atoms with van der Waals surface area (Å²) >= 11 is 0. The summed E-state index contributed by atoms with van der Waals surface area (Å²) in [4.78, 5) is 0. The van der Waals surface area contributed by atoms with E-state index in [1.807, 2.05) is 26.1 Å². The zero-order chi connectivity index (χ0) is 11.5. The second kappa shape index (κ2) is 4.85. The number of likely N-dealkylation sites (N-methyl/N-ethyl adjacent to an activating group) is 1. The number of rotatable bonds is 3. The van der Waals surface area contributed by atoms with Crippen molar-refractivity contribution in [3.8, 4) is 5.75 Å². The Morgan fingerprint density at radius 3 is 3.00 bits per heavy atom. The van der Waals surface area contributed by atoms with Gasteiger partial charge in [0, 0.05) is 6.04 Å². The summed E-state index contributed by atoms with van der Waals surface area (Å²) in [5.74, 6) is 0.972. The Bertz CT molecular complexity index is 365. The van der Waals surface area contributed by atoms with Gasteiger partial charge in [-0.15, -0.1) is 0 Å². The van der Waals surface area contributed by atoms with Crippen LogP contribution in [-0.4, -0.2) is 24.8 Å². The number of hydrogen-bond acceptors (Lipinski definition) is 3. The fraction of sp³-hybridized carbons (Fsp3) is 0.538. The lowest BCUT2D eigenvalue weighted by Crippen LogP contribution is -2.28. The molecule has 0 aliphatic carbocycles. The topological polar surface area (TPSA) is 41.5 Å². The summed E-state index contributed by atoms with van der Waals surface area (Å²) in [6, 6.07) is 6.04. The van der Waals surface area contributed by atoms with Crippen molar-refractivity contribution in [1.82, 2.24) is 5.32 Å². The van der Waals surface area contributed by atoms with Crippen molar-refractivity contribution >= 4 is 0 Å². The van der Waals surface area contributed by atoms with E-state index >= 15 is 0 Å². The molecule has 1 aromatic carbocycles. The summed E-state index contributed by atoms with van der Waals surface area (Å²) in [5, 5.41) is 13.1. The van der Waals surface area contributed by atoms with Crippen LogP contribution in [0.2, 0.25) is 0 Å². The molecule has 0 unspecified atom stereocenters. The lowest BCUT2D eigenvalue weighted by Gasteiger charge is -2.22. The van der Waals surface area contributed by atoms with Crippen molar-refractivity contribution in [3.63, 3.8) is 0 Å². The van der Waals surface area contributed by atoms with E-state index in [-0.39, 0.29) is 6.04 Å². The summed E-state index contributed by atoms with van der Waals surface area (Å²) in [6.07, 6.45) is 1.65. The highest BCUT2D eigenvalue weighted by atomic mass is 16.5. The lowest BCUT2D eigenvalue weighted by atomic mass is 9.98. The van der Waals surface area contributed by atoms with E-state index in [0.717, 1.165) is 30.8 Å². The molecule has 1 heterocycles. The van der Waals surface area contributed by atoms with Gasteiger partial charge in [0.15, 0.2) is 0 Å². The molecule has 1 aliphatic heterocycles. The first-order chi connectivity index (χ1) is 7.72. The average molecular weight is 221 g/mol. The van der Waals surface area contributed by atoms with Crippen LogP contribution >= 0.6 is 0 Å². The van der Waals surface area contributed by atoms with E-state index in [0.29, 0.717) is 0 Å². The number of nitrogens with one attached hydrogen (secondary N) is 1. The molecule has 2 atom stereocenters. The number of aliphatic hydroxyl groups excluding tert-OH is 1. The highest BCUT2D eigenvalue weighted by Gasteiger charge is 2.17. The SMILES string of the molecule is CN[C@@H](C)[C@H](O)c1ccc2c(c1)CCCO2. The molecule has 0 bridgehead atoms. The first kappa shape index (κ1) is 11.4. The molecule has 1 aromatic rings. The predicted molar refractivity (Wildman–Crippen MR) is 63.7 cm³/mol. The van der Waals surface area contributed by atoms with Gasteiger partial charge in [-0.2, -0.15) is 0 Å². The van der Waals surface area contributed by atoms with Crippen LogP contribution < -0.4 is 10.1 Å². The predicted octanol–water partition coefficient (Wildman–Crippen LogP) is 1.65. The third-order valence-electron chi connectivity index (χ3n) is 3.20. The van der Waals surface area contributed by atoms with Crippen LogP contribution in [0.25, 0.3) is 0 Å². The summed E-state index contributed by atoms with van der Waals surface area (Å²) in [6.45, 7) is 2.78. The fourth-order valence-corrected chi connectivity index (χ4v) is 2.01. The van der Waals surface area contributed by atoms with E-state index in [4.69, 9.17) is 4.74 Å². The molecular weight excluding hydrogens is 202 g/mol. The first-order valence-corrected chi connectivity index (χ1v) is 5.83. The zero-order valence-electron chi connectivity index (χ0n) is 9.86. The third-order valence-corrected chi connectivity index (χ3v) is 3.20. The molecule has 0 radical (unpaired) electrons. The van der Waals surface area contributed by atoms with Gasteiger partial charge >= 0.3 is 0 Å². The highest BCUT2D eigenvalue weighted by molar-refractivity contribution is 5.39. The normalized spacial score (nSPS) is 18.4. The first-order valence-electron chi connectivity index (χ1n) is 5.83. The molecule has 0 aromatic heterocycles. The van der Waals surface area contributed by atoms with Crippen LogP contribution in [0.5, 0.6) is 5.75 Å². The second-order valence-electron chi connectivity index (χ2n) is 4.34. The van der Waals surface area contributed by atoms with Crippen LogP contribution in [0.15, 0.2) is 18.2 Å². The molecule has 3 heteroatoms. The minimum Gasteiger partial charge on any atom is -0.493 e. The molecule has 1 aliphatic rings. The maximum absolute atomic E-state index is 10.1. The van der Waals surface area contributed by atoms with Gasteiger partial charge in [0.25, 0.3) is 0 Å². The van der Waals surface area contributed by atoms with Gasteiger partial charge in [-0.05, 0) is 50.1 Å². The van der Waals surface area contributed by atoms with Gasteiger partial charge in [-0.3, -0.25) is 0 Å². The van der Waals surface area contributed by atoms with Crippen molar-refractivity contribution < 1.29 is 9.84 Å². The molecule has 0 spiro atoms. The van der Waals surface area contributed by atoms with E-state index in [9.17, 15) is 5.11 Å². The second-order valence-corrected chi connectivity index (χ2v) is 4.34. The van der Waals surface area contributed by atoms with Crippen LogP contribution in [-0.2, 0) is 6.42 Å². The van der Waals surface area contributed by atoms with Crippen molar-refractivity contribution in [2.24, 2.45) is 0 Å². The van der Waals surface area contributed by atoms with Crippen LogP contribution in [0.4, 0.5) is 0 Å². The highest BCUT2D eigenvalue weighted by Crippen LogP contribution is 2.28. The van der Waals surface area contributed by atoms with Gasteiger partial charge in [0.2, 0.25) is 0 Å². The quantitative estimate of drug-likeness (QED) is 0.815. The standard InChI is InChI=1S/C13H19NO2/c1-9(14-2)13(15)11-5-6-12-10(8-11)4-3-7-16-12/h5-6,8-9,13-15H,3-4,7H2,1-2H3/t9-,13-/m0/s1. The summed E-state index contributed by atoms with van der Waals surface area (Å²) in [5.41, 5.74) is 2.18. The largest absolute Gasteiger partial charge is 0.493 e. The number of aliphatic hydroxyl groups is 1. The van der Waals surface area contributed by atoms with E-state index in [1.54, 1.807) is 0 Å². The van der Waals surface area contributed by atoms with E-state index < -0.39 is 6.10 Å². The summed E-state index contributed by atoms with van der Waals surface area (Å²) in [7, 11) is 1.86. The molecule has 16 heavy (non-hydrogen) atoms. The molecule has 0 saturated carbocycles. The van der Waals surface area contributed by atoms with Gasteiger partial charge in [-0.1, -0.05) is 6.07 Å². The molecule has 0 amide bonds. The van der Waals surface area contributed by atoms with Crippen molar-refractivity contribution in [2.75, 3.05) is 13.7 Å². The number of fused-ring (bicyclic) bond motifs is 1. The van der Waals surface area contributed by atoms with Crippen molar-refractivity contribution in [2.45, 2.75) is 31.9 Å². The maximum atomic E-state index is 10.1. The molecule has 2 N–H and O–H groups in total. The summed E-state index contributed by atoms with van der Waals surface area (Å²) < 4.78 is 5.55. The Kier molecular flexibility index (Phi) is 3.46. The lowest BCUT2D eigenvalue weighted by molar-refractivity contribution is 0.140. The maximum Gasteiger partial charge on any atom is 0.122 e. The minimum atomic E-state index is -0.461. The number of hydrogen-bond donors (Lipinski definition) is 2. The van der Waals surface area contributed by atoms with Crippen LogP contribution in [0.1, 0.15) is 30.6 Å². The zero-order valence-corrected chi connectivity index (χ0v) is 9.86. The van der Waals surface area contributed by atoms with E-state index in [1.165, 1.54) is 5.56 Å². The van der Waals surface area contributed by atoms with Gasteiger partial charge in [0.05, 0.1) is 12.7 Å². The molecule has 3 nitrogen and oxygen atoms in total. The Labute approximate surface area is 96.4 Å². The van der Waals surface area contributed by atoms with Crippen LogP contribution in [0, 0.1) is 0 Å². The Hall–Kier alpha value is -1.06. The van der Waals surface area contributed by atoms with Gasteiger partial charge in [0.1, 0.15) is 5.75 Å². The van der Waals surface area contributed by atoms with E-state index in [2.05, 4.69) is 11.4 Å². The molecular formula is C13H19NO2. The molecule has 0 saturated heterocycles. The van der Waals surface area contributed by atoms with Gasteiger partial charge < -0.3 is 15.2 Å². The van der Waals surface area contributed by atoms with Gasteiger partial charge in [-0.25, -0.2) is 0 Å².